The van der Waals surface area contributed by atoms with Crippen LogP contribution in [0, 0.1) is 16.9 Å². The first-order valence-electron chi connectivity index (χ1n) is 14.6. The fraction of sp³-hybridized carbons (Fsp3) is 0.528. The normalized spacial score (nSPS) is 21.9. The molecule has 0 amide bonds. The molecule has 212 valence electrons. The van der Waals surface area contributed by atoms with Crippen molar-refractivity contribution in [3.05, 3.63) is 80.8 Å². The summed E-state index contributed by atoms with van der Waals surface area (Å²) >= 11 is 1.69. The minimum atomic E-state index is -0.157. The van der Waals surface area contributed by atoms with E-state index in [2.05, 4.69) is 104 Å². The zero-order valence-corrected chi connectivity index (χ0v) is 29.6. The Hall–Kier alpha value is -0.747. The summed E-state index contributed by atoms with van der Waals surface area (Å²) in [6.07, 6.45) is 24.4. The number of allylic oxidation sites excluding steroid dienone is 8. The third-order valence-corrected chi connectivity index (χ3v) is 10.0. The van der Waals surface area contributed by atoms with Crippen LogP contribution in [0.4, 0.5) is 0 Å². The van der Waals surface area contributed by atoms with Crippen LogP contribution in [0.2, 0.25) is 0 Å². The molecule has 0 spiro atoms. The molecule has 3 heteroatoms. The van der Waals surface area contributed by atoms with Crippen molar-refractivity contribution in [2.24, 2.45) is 10.8 Å². The first-order valence-corrected chi connectivity index (χ1v) is 15.8. The van der Waals surface area contributed by atoms with Crippen LogP contribution in [-0.4, -0.2) is 3.21 Å². The van der Waals surface area contributed by atoms with Gasteiger partial charge in [-0.1, -0.05) is 102 Å². The van der Waals surface area contributed by atoms with Gasteiger partial charge in [-0.05, 0) is 52.2 Å². The summed E-state index contributed by atoms with van der Waals surface area (Å²) in [5.41, 5.74) is 8.76. The molecule has 0 bridgehead atoms. The van der Waals surface area contributed by atoms with Gasteiger partial charge in [0.15, 0.2) is 0 Å². The van der Waals surface area contributed by atoms with Gasteiger partial charge in [-0.2, -0.15) is 17.7 Å². The molecule has 0 heterocycles. The second kappa shape index (κ2) is 13.5. The monoisotopic (exact) mass is 641 g/mol. The second-order valence-electron chi connectivity index (χ2n) is 13.3. The Bertz CT molecular complexity index is 1310. The van der Waals surface area contributed by atoms with Gasteiger partial charge in [0, 0.05) is 0 Å². The number of hydrogen-bond acceptors (Lipinski definition) is 0. The van der Waals surface area contributed by atoms with Crippen molar-refractivity contribution < 1.29 is 24.2 Å². The molecule has 1 saturated carbocycles. The van der Waals surface area contributed by atoms with Crippen molar-refractivity contribution in [1.82, 2.24) is 0 Å². The number of hydrogen-bond donors (Lipinski definition) is 0. The summed E-state index contributed by atoms with van der Waals surface area (Å²) in [4.78, 5) is 0. The van der Waals surface area contributed by atoms with Gasteiger partial charge in [0.25, 0.3) is 0 Å². The van der Waals surface area contributed by atoms with E-state index in [9.17, 15) is 0 Å². The fourth-order valence-corrected chi connectivity index (χ4v) is 7.29. The quantitative estimate of drug-likeness (QED) is 0.288. The molecule has 1 unspecified atom stereocenters. The molecule has 0 aliphatic heterocycles. The van der Waals surface area contributed by atoms with Crippen LogP contribution in [0.1, 0.15) is 112 Å². The van der Waals surface area contributed by atoms with E-state index in [1.165, 1.54) is 59.3 Å². The third-order valence-electron chi connectivity index (χ3n) is 8.78. The van der Waals surface area contributed by atoms with Crippen LogP contribution < -0.4 is 10.4 Å². The zero-order chi connectivity index (χ0) is 27.0. The molecule has 39 heavy (non-hydrogen) atoms. The summed E-state index contributed by atoms with van der Waals surface area (Å²) < 4.78 is 1.80. The maximum atomic E-state index is 4.07. The summed E-state index contributed by atoms with van der Waals surface area (Å²) in [5, 5.41) is 2.70. The predicted octanol–water partition coefficient (Wildman–Crippen LogP) is 9.22. The molecule has 1 fully saturated rings. The average molecular weight is 644 g/mol. The fourth-order valence-electron chi connectivity index (χ4n) is 6.43. The first-order chi connectivity index (χ1) is 17.4. The van der Waals surface area contributed by atoms with Gasteiger partial charge >= 0.3 is 59.5 Å². The average Bonchev–Trinajstić information content (AvgIpc) is 3.43. The molecule has 4 aliphatic rings. The van der Waals surface area contributed by atoms with E-state index in [1.54, 1.807) is 44.2 Å². The summed E-state index contributed by atoms with van der Waals surface area (Å²) in [6, 6.07) is 6.99. The molecule has 4 aliphatic carbocycles. The van der Waals surface area contributed by atoms with Crippen molar-refractivity contribution in [1.29, 1.82) is 0 Å². The van der Waals surface area contributed by atoms with Gasteiger partial charge in [0.1, 0.15) is 0 Å². The Morgan fingerprint density at radius 3 is 2.10 bits per heavy atom. The van der Waals surface area contributed by atoms with Gasteiger partial charge in [0.05, 0.1) is 0 Å². The molecule has 1 aromatic rings. The van der Waals surface area contributed by atoms with E-state index in [-0.39, 0.29) is 41.1 Å². The summed E-state index contributed by atoms with van der Waals surface area (Å²) in [7, 11) is 0. The molecule has 1 atom stereocenters. The van der Waals surface area contributed by atoms with E-state index >= 15 is 0 Å². The molecular weight excluding hydrogens is 595 g/mol. The van der Waals surface area contributed by atoms with E-state index in [4.69, 9.17) is 0 Å². The standard InChI is InChI=1S/C30H37.C6H10.2ClH.Zr/c1-9-20-11-14-27(24(20)10-2)30(29(6,7)8)16-15-26-22(19-30)17-21-18-23(28(3,4)5)12-13-25(21)26;1-2-4-6-5-3-1;;;/h11-13,15-18H,9-10,14H2,1-8H3;1-5H2;2*1H;/q-1;;;;. The van der Waals surface area contributed by atoms with Gasteiger partial charge in [-0.25, -0.2) is 0 Å². The minimum absolute atomic E-state index is 0. The van der Waals surface area contributed by atoms with Gasteiger partial charge in [0.2, 0.25) is 0 Å². The molecule has 0 aromatic heterocycles. The van der Waals surface area contributed by atoms with Crippen LogP contribution in [0.3, 0.4) is 0 Å². The van der Waals surface area contributed by atoms with Crippen LogP contribution in [0.15, 0.2) is 58.7 Å². The van der Waals surface area contributed by atoms with Crippen molar-refractivity contribution >= 4 is 39.7 Å². The van der Waals surface area contributed by atoms with Crippen molar-refractivity contribution in [2.45, 2.75) is 112 Å². The zero-order valence-electron chi connectivity index (χ0n) is 25.5. The molecule has 0 nitrogen and oxygen atoms in total. The number of rotatable bonds is 3. The Morgan fingerprint density at radius 2 is 1.59 bits per heavy atom. The number of benzene rings is 1. The summed E-state index contributed by atoms with van der Waals surface area (Å²) in [5.74, 6) is 0. The molecule has 0 saturated heterocycles. The van der Waals surface area contributed by atoms with Gasteiger partial charge in [-0.3, -0.25) is 0 Å². The van der Waals surface area contributed by atoms with Crippen LogP contribution in [0.25, 0.3) is 11.6 Å². The summed E-state index contributed by atoms with van der Waals surface area (Å²) in [6.45, 7) is 18.6. The first kappa shape index (κ1) is 34.5. The van der Waals surface area contributed by atoms with Crippen LogP contribution in [-0.2, 0) is 29.7 Å². The Kier molecular flexibility index (Phi) is 11.9. The second-order valence-corrected chi connectivity index (χ2v) is 15.0. The Balaban J connectivity index is 0.000000518. The maximum absolute atomic E-state index is 4.07. The Morgan fingerprint density at radius 1 is 0.923 bits per heavy atom. The van der Waals surface area contributed by atoms with Crippen LogP contribution in [0.5, 0.6) is 0 Å². The molecule has 0 radical (unpaired) electrons. The predicted molar refractivity (Wildman–Crippen MR) is 173 cm³/mol. The van der Waals surface area contributed by atoms with E-state index in [0.29, 0.717) is 0 Å². The van der Waals surface area contributed by atoms with E-state index in [0.717, 1.165) is 19.3 Å². The van der Waals surface area contributed by atoms with Crippen molar-refractivity contribution in [3.63, 3.8) is 0 Å². The number of fused-ring (bicyclic) bond motifs is 2. The Labute approximate surface area is 266 Å². The third kappa shape index (κ3) is 7.01. The van der Waals surface area contributed by atoms with Gasteiger partial charge < -0.3 is 0 Å². The molecule has 1 aromatic carbocycles. The molecule has 5 rings (SSSR count). The van der Waals surface area contributed by atoms with Crippen LogP contribution >= 0.6 is 24.8 Å². The van der Waals surface area contributed by atoms with E-state index in [1.807, 2.05) is 0 Å². The van der Waals surface area contributed by atoms with E-state index < -0.39 is 0 Å². The molecule has 0 N–H and O–H groups in total. The molecular formula is C36H49Cl2Zr-. The van der Waals surface area contributed by atoms with Crippen molar-refractivity contribution in [3.8, 4) is 0 Å². The SMILES string of the molecule is CCC1=CCC(C2(C(C)(C)C)[C-]=C3C=c4cc(C(C)(C)C)ccc4=C3C=C2)=C1CC.Cl.Cl.[Zr]=[C]1CCCCC1. The number of halogens is 2. The van der Waals surface area contributed by atoms with Crippen molar-refractivity contribution in [2.75, 3.05) is 0 Å². The van der Waals surface area contributed by atoms with Gasteiger partial charge in [-0.15, -0.1) is 36.5 Å². The topological polar surface area (TPSA) is 0 Å².